The van der Waals surface area contributed by atoms with Gasteiger partial charge in [0.15, 0.2) is 0 Å². The van der Waals surface area contributed by atoms with E-state index in [9.17, 15) is 4.39 Å². The van der Waals surface area contributed by atoms with E-state index in [4.69, 9.17) is 5.73 Å². The molecule has 0 bridgehead atoms. The molecule has 0 unspecified atom stereocenters. The molecule has 3 aromatic rings. The van der Waals surface area contributed by atoms with Crippen LogP contribution in [0.5, 0.6) is 0 Å². The monoisotopic (exact) mass is 239 g/mol. The quantitative estimate of drug-likeness (QED) is 0.710. The van der Waals surface area contributed by atoms with Crippen LogP contribution in [0, 0.1) is 5.82 Å². The number of halogens is 1. The lowest BCUT2D eigenvalue weighted by atomic mass is 10.1. The second kappa shape index (κ2) is 4.07. The standard InChI is InChI=1S/C14H10FN3/c15-10-6-7-11-12(8-10)17-14(16)18-13(11)9-4-2-1-3-5-9/h1-8H,(H2,16,17,18). The number of anilines is 1. The summed E-state index contributed by atoms with van der Waals surface area (Å²) in [6.07, 6.45) is 0. The molecule has 0 amide bonds. The molecule has 0 spiro atoms. The zero-order valence-corrected chi connectivity index (χ0v) is 9.47. The third-order valence-electron chi connectivity index (χ3n) is 2.72. The molecule has 3 nitrogen and oxygen atoms in total. The molecule has 1 heterocycles. The fourth-order valence-corrected chi connectivity index (χ4v) is 1.94. The number of aromatic nitrogens is 2. The van der Waals surface area contributed by atoms with Gasteiger partial charge in [0.25, 0.3) is 0 Å². The van der Waals surface area contributed by atoms with Gasteiger partial charge in [-0.15, -0.1) is 0 Å². The largest absolute Gasteiger partial charge is 0.368 e. The lowest BCUT2D eigenvalue weighted by molar-refractivity contribution is 0.629. The average Bonchev–Trinajstić information content (AvgIpc) is 2.38. The Balaban J connectivity index is 2.35. The van der Waals surface area contributed by atoms with Crippen molar-refractivity contribution in [3.63, 3.8) is 0 Å². The van der Waals surface area contributed by atoms with Gasteiger partial charge in [-0.05, 0) is 12.1 Å². The summed E-state index contributed by atoms with van der Waals surface area (Å²) in [4.78, 5) is 8.29. The molecule has 4 heteroatoms. The lowest BCUT2D eigenvalue weighted by Gasteiger charge is -2.06. The Labute approximate surface area is 103 Å². The second-order valence-corrected chi connectivity index (χ2v) is 3.96. The minimum atomic E-state index is -0.334. The molecule has 88 valence electrons. The molecule has 2 aromatic carbocycles. The zero-order valence-electron chi connectivity index (χ0n) is 9.47. The molecule has 0 aliphatic heterocycles. The van der Waals surface area contributed by atoms with E-state index in [1.807, 2.05) is 30.3 Å². The maximum atomic E-state index is 13.2. The normalized spacial score (nSPS) is 10.7. The Kier molecular flexibility index (Phi) is 2.41. The van der Waals surface area contributed by atoms with Crippen molar-refractivity contribution in [3.05, 3.63) is 54.3 Å². The van der Waals surface area contributed by atoms with E-state index in [1.54, 1.807) is 6.07 Å². The molecule has 18 heavy (non-hydrogen) atoms. The fraction of sp³-hybridized carbons (Fsp3) is 0. The molecule has 0 fully saturated rings. The highest BCUT2D eigenvalue weighted by Crippen LogP contribution is 2.26. The third-order valence-corrected chi connectivity index (χ3v) is 2.72. The number of rotatable bonds is 1. The van der Waals surface area contributed by atoms with Gasteiger partial charge in [-0.1, -0.05) is 30.3 Å². The first-order valence-electron chi connectivity index (χ1n) is 5.52. The second-order valence-electron chi connectivity index (χ2n) is 3.96. The third kappa shape index (κ3) is 1.78. The summed E-state index contributed by atoms with van der Waals surface area (Å²) >= 11 is 0. The van der Waals surface area contributed by atoms with E-state index in [0.29, 0.717) is 5.52 Å². The van der Waals surface area contributed by atoms with Crippen LogP contribution in [0.3, 0.4) is 0 Å². The van der Waals surface area contributed by atoms with Gasteiger partial charge < -0.3 is 5.73 Å². The number of nitrogens with zero attached hydrogens (tertiary/aromatic N) is 2. The van der Waals surface area contributed by atoms with Crippen LogP contribution in [0.15, 0.2) is 48.5 Å². The van der Waals surface area contributed by atoms with Gasteiger partial charge in [0.1, 0.15) is 5.82 Å². The Hall–Kier alpha value is -2.49. The van der Waals surface area contributed by atoms with Crippen molar-refractivity contribution >= 4 is 16.9 Å². The van der Waals surface area contributed by atoms with Gasteiger partial charge in [0, 0.05) is 17.0 Å². The van der Waals surface area contributed by atoms with Gasteiger partial charge >= 0.3 is 0 Å². The van der Waals surface area contributed by atoms with Gasteiger partial charge in [-0.2, -0.15) is 0 Å². The predicted molar refractivity (Wildman–Crippen MR) is 69.3 cm³/mol. The first-order chi connectivity index (χ1) is 8.74. The molecule has 0 radical (unpaired) electrons. The van der Waals surface area contributed by atoms with Gasteiger partial charge in [0.05, 0.1) is 11.2 Å². The van der Waals surface area contributed by atoms with Crippen LogP contribution in [0.1, 0.15) is 0 Å². The summed E-state index contributed by atoms with van der Waals surface area (Å²) in [6, 6.07) is 14.1. The first kappa shape index (κ1) is 10.7. The molecule has 0 aliphatic carbocycles. The van der Waals surface area contributed by atoms with Crippen molar-refractivity contribution in [3.8, 4) is 11.3 Å². The highest BCUT2D eigenvalue weighted by molar-refractivity contribution is 5.92. The Morgan fingerprint density at radius 2 is 1.72 bits per heavy atom. The number of nitrogen functional groups attached to an aromatic ring is 1. The summed E-state index contributed by atoms with van der Waals surface area (Å²) in [5.41, 5.74) is 7.84. The topological polar surface area (TPSA) is 51.8 Å². The minimum Gasteiger partial charge on any atom is -0.368 e. The molecular formula is C14H10FN3. The summed E-state index contributed by atoms with van der Waals surface area (Å²) in [7, 11) is 0. The molecule has 0 saturated carbocycles. The summed E-state index contributed by atoms with van der Waals surface area (Å²) in [6.45, 7) is 0. The fourth-order valence-electron chi connectivity index (χ4n) is 1.94. The number of nitrogens with two attached hydrogens (primary N) is 1. The van der Waals surface area contributed by atoms with Crippen molar-refractivity contribution in [2.45, 2.75) is 0 Å². The maximum Gasteiger partial charge on any atom is 0.221 e. The highest BCUT2D eigenvalue weighted by Gasteiger charge is 2.08. The van der Waals surface area contributed by atoms with Crippen LogP contribution in [0.25, 0.3) is 22.2 Å². The smallest absolute Gasteiger partial charge is 0.221 e. The van der Waals surface area contributed by atoms with Crippen LogP contribution in [0.2, 0.25) is 0 Å². The van der Waals surface area contributed by atoms with Crippen molar-refractivity contribution in [1.82, 2.24) is 9.97 Å². The summed E-state index contributed by atoms with van der Waals surface area (Å²) in [5.74, 6) is -0.188. The zero-order chi connectivity index (χ0) is 12.5. The number of hydrogen-bond acceptors (Lipinski definition) is 3. The molecule has 2 N–H and O–H groups in total. The van der Waals surface area contributed by atoms with Crippen LogP contribution in [0.4, 0.5) is 10.3 Å². The number of fused-ring (bicyclic) bond motifs is 1. The molecule has 0 saturated heterocycles. The Morgan fingerprint density at radius 1 is 0.944 bits per heavy atom. The van der Waals surface area contributed by atoms with E-state index in [-0.39, 0.29) is 11.8 Å². The molecular weight excluding hydrogens is 229 g/mol. The molecule has 0 atom stereocenters. The van der Waals surface area contributed by atoms with Crippen molar-refractivity contribution < 1.29 is 4.39 Å². The van der Waals surface area contributed by atoms with Crippen LogP contribution < -0.4 is 5.73 Å². The van der Waals surface area contributed by atoms with E-state index in [1.165, 1.54) is 12.1 Å². The minimum absolute atomic E-state index is 0.145. The van der Waals surface area contributed by atoms with Crippen molar-refractivity contribution in [2.24, 2.45) is 0 Å². The van der Waals surface area contributed by atoms with E-state index >= 15 is 0 Å². The van der Waals surface area contributed by atoms with E-state index < -0.39 is 0 Å². The summed E-state index contributed by atoms with van der Waals surface area (Å²) in [5, 5.41) is 0.789. The Bertz CT molecular complexity index is 706. The molecule has 3 rings (SSSR count). The average molecular weight is 239 g/mol. The first-order valence-corrected chi connectivity index (χ1v) is 5.52. The predicted octanol–water partition coefficient (Wildman–Crippen LogP) is 3.02. The summed E-state index contributed by atoms with van der Waals surface area (Å²) < 4.78 is 13.2. The van der Waals surface area contributed by atoms with Crippen LogP contribution >= 0.6 is 0 Å². The van der Waals surface area contributed by atoms with Crippen molar-refractivity contribution in [2.75, 3.05) is 5.73 Å². The molecule has 1 aromatic heterocycles. The van der Waals surface area contributed by atoms with Gasteiger partial charge in [-0.3, -0.25) is 0 Å². The lowest BCUT2D eigenvalue weighted by Crippen LogP contribution is -1.98. The SMILES string of the molecule is Nc1nc(-c2ccccc2)c2ccc(F)cc2n1. The number of hydrogen-bond donors (Lipinski definition) is 1. The maximum absolute atomic E-state index is 13.2. The van der Waals surface area contributed by atoms with Crippen molar-refractivity contribution in [1.29, 1.82) is 0 Å². The van der Waals surface area contributed by atoms with Crippen LogP contribution in [-0.2, 0) is 0 Å². The van der Waals surface area contributed by atoms with E-state index in [2.05, 4.69) is 9.97 Å². The van der Waals surface area contributed by atoms with Gasteiger partial charge in [0.2, 0.25) is 5.95 Å². The Morgan fingerprint density at radius 3 is 2.50 bits per heavy atom. The van der Waals surface area contributed by atoms with Gasteiger partial charge in [-0.25, -0.2) is 14.4 Å². The molecule has 0 aliphatic rings. The highest BCUT2D eigenvalue weighted by atomic mass is 19.1. The van der Waals surface area contributed by atoms with Crippen LogP contribution in [-0.4, -0.2) is 9.97 Å². The van der Waals surface area contributed by atoms with E-state index in [0.717, 1.165) is 16.6 Å². The number of benzene rings is 2.